The number of halogens is 1. The Balaban J connectivity index is 2.27. The molecular formula is C12H21ClN2S. The van der Waals surface area contributed by atoms with Crippen molar-refractivity contribution in [3.63, 3.8) is 0 Å². The molecule has 0 radical (unpaired) electrons. The van der Waals surface area contributed by atoms with Gasteiger partial charge in [0, 0.05) is 19.1 Å². The molecule has 1 N–H and O–H groups in total. The molecular weight excluding hydrogens is 240 g/mol. The molecule has 0 aromatic carbocycles. The van der Waals surface area contributed by atoms with E-state index in [0.29, 0.717) is 6.04 Å². The van der Waals surface area contributed by atoms with Crippen molar-refractivity contribution in [2.75, 3.05) is 26.2 Å². The van der Waals surface area contributed by atoms with E-state index in [0.717, 1.165) is 30.5 Å². The average Bonchev–Trinajstić information content (AvgIpc) is 2.71. The van der Waals surface area contributed by atoms with Crippen molar-refractivity contribution in [2.24, 2.45) is 0 Å². The smallest absolute Gasteiger partial charge is 0.0931 e. The van der Waals surface area contributed by atoms with Crippen molar-refractivity contribution in [2.45, 2.75) is 26.8 Å². The Morgan fingerprint density at radius 1 is 1.44 bits per heavy atom. The van der Waals surface area contributed by atoms with Gasteiger partial charge in [-0.05, 0) is 37.0 Å². The van der Waals surface area contributed by atoms with Gasteiger partial charge in [0.1, 0.15) is 0 Å². The van der Waals surface area contributed by atoms with Crippen LogP contribution in [0.5, 0.6) is 0 Å². The van der Waals surface area contributed by atoms with Gasteiger partial charge in [-0.15, -0.1) is 11.3 Å². The van der Waals surface area contributed by atoms with Crippen LogP contribution in [0.1, 0.15) is 32.4 Å². The van der Waals surface area contributed by atoms with E-state index >= 15 is 0 Å². The first kappa shape index (κ1) is 14.0. The second-order valence-electron chi connectivity index (χ2n) is 3.89. The molecule has 1 rings (SSSR count). The maximum atomic E-state index is 5.92. The third kappa shape index (κ3) is 4.42. The molecule has 0 aliphatic carbocycles. The van der Waals surface area contributed by atoms with Crippen molar-refractivity contribution in [3.05, 3.63) is 21.3 Å². The van der Waals surface area contributed by atoms with E-state index in [9.17, 15) is 0 Å². The molecule has 0 spiro atoms. The molecule has 92 valence electrons. The number of nitrogens with zero attached hydrogens (tertiary/aromatic N) is 1. The summed E-state index contributed by atoms with van der Waals surface area (Å²) < 4.78 is 0.868. The maximum absolute atomic E-state index is 5.92. The minimum absolute atomic E-state index is 0.388. The van der Waals surface area contributed by atoms with E-state index in [4.69, 9.17) is 11.6 Å². The van der Waals surface area contributed by atoms with Crippen LogP contribution in [0.4, 0.5) is 0 Å². The highest BCUT2D eigenvalue weighted by atomic mass is 35.5. The molecule has 0 saturated heterocycles. The number of hydrogen-bond acceptors (Lipinski definition) is 3. The van der Waals surface area contributed by atoms with Crippen LogP contribution in [0.15, 0.2) is 11.4 Å². The Hall–Kier alpha value is -0.0900. The van der Waals surface area contributed by atoms with Gasteiger partial charge >= 0.3 is 0 Å². The van der Waals surface area contributed by atoms with E-state index < -0.39 is 0 Å². The molecule has 1 heterocycles. The molecule has 1 aromatic rings. The third-order valence-corrected chi connectivity index (χ3v) is 3.97. The van der Waals surface area contributed by atoms with Gasteiger partial charge in [0.05, 0.1) is 4.34 Å². The standard InChI is InChI=1S/C12H21ClN2S/c1-4-15(5-2)7-6-14-10(3)11-8-12(13)16-9-11/h8-10,14H,4-7H2,1-3H3. The number of rotatable bonds is 7. The van der Waals surface area contributed by atoms with Gasteiger partial charge in [-0.3, -0.25) is 0 Å². The molecule has 0 aliphatic heterocycles. The summed E-state index contributed by atoms with van der Waals surface area (Å²) in [5, 5.41) is 5.64. The van der Waals surface area contributed by atoms with Crippen LogP contribution in [0, 0.1) is 0 Å². The van der Waals surface area contributed by atoms with E-state index in [1.165, 1.54) is 5.56 Å². The minimum Gasteiger partial charge on any atom is -0.309 e. The number of hydrogen-bond donors (Lipinski definition) is 1. The van der Waals surface area contributed by atoms with Crippen LogP contribution >= 0.6 is 22.9 Å². The molecule has 0 bridgehead atoms. The largest absolute Gasteiger partial charge is 0.309 e. The average molecular weight is 261 g/mol. The summed E-state index contributed by atoms with van der Waals surface area (Å²) >= 11 is 7.51. The number of likely N-dealkylation sites (N-methyl/N-ethyl adjacent to an activating group) is 1. The van der Waals surface area contributed by atoms with E-state index in [1.54, 1.807) is 11.3 Å². The number of nitrogens with one attached hydrogen (secondary N) is 1. The second kappa shape index (κ2) is 7.28. The fourth-order valence-corrected chi connectivity index (χ4v) is 2.63. The Morgan fingerprint density at radius 2 is 2.12 bits per heavy atom. The van der Waals surface area contributed by atoms with Crippen LogP contribution in [-0.2, 0) is 0 Å². The second-order valence-corrected chi connectivity index (χ2v) is 5.43. The summed E-state index contributed by atoms with van der Waals surface area (Å²) in [6.07, 6.45) is 0. The maximum Gasteiger partial charge on any atom is 0.0931 e. The summed E-state index contributed by atoms with van der Waals surface area (Å²) in [6.45, 7) is 11.0. The van der Waals surface area contributed by atoms with Crippen molar-refractivity contribution in [3.8, 4) is 0 Å². The molecule has 1 aromatic heterocycles. The van der Waals surface area contributed by atoms with E-state index in [1.807, 2.05) is 6.07 Å². The molecule has 4 heteroatoms. The monoisotopic (exact) mass is 260 g/mol. The lowest BCUT2D eigenvalue weighted by Gasteiger charge is -2.20. The van der Waals surface area contributed by atoms with Crippen LogP contribution in [-0.4, -0.2) is 31.1 Å². The first-order valence-electron chi connectivity index (χ1n) is 5.87. The van der Waals surface area contributed by atoms with E-state index in [2.05, 4.69) is 36.4 Å². The van der Waals surface area contributed by atoms with Crippen molar-refractivity contribution in [1.82, 2.24) is 10.2 Å². The molecule has 2 nitrogen and oxygen atoms in total. The van der Waals surface area contributed by atoms with Crippen molar-refractivity contribution in [1.29, 1.82) is 0 Å². The van der Waals surface area contributed by atoms with Crippen LogP contribution < -0.4 is 5.32 Å². The van der Waals surface area contributed by atoms with Crippen molar-refractivity contribution < 1.29 is 0 Å². The predicted octanol–water partition coefficient (Wildman–Crippen LogP) is 3.39. The Bertz CT molecular complexity index is 297. The van der Waals surface area contributed by atoms with Gasteiger partial charge in [-0.1, -0.05) is 25.4 Å². The summed E-state index contributed by atoms with van der Waals surface area (Å²) in [5.74, 6) is 0. The topological polar surface area (TPSA) is 15.3 Å². The number of thiophene rings is 1. The zero-order valence-corrected chi connectivity index (χ0v) is 11.9. The van der Waals surface area contributed by atoms with Gasteiger partial charge in [-0.2, -0.15) is 0 Å². The Labute approximate surface area is 108 Å². The summed E-state index contributed by atoms with van der Waals surface area (Å²) in [5.41, 5.74) is 1.29. The summed E-state index contributed by atoms with van der Waals surface area (Å²) in [4.78, 5) is 2.42. The molecule has 0 saturated carbocycles. The first-order valence-corrected chi connectivity index (χ1v) is 7.12. The van der Waals surface area contributed by atoms with Gasteiger partial charge in [0.15, 0.2) is 0 Å². The molecule has 0 amide bonds. The lowest BCUT2D eigenvalue weighted by atomic mass is 10.2. The Kier molecular flexibility index (Phi) is 6.36. The SMILES string of the molecule is CCN(CC)CCNC(C)c1csc(Cl)c1. The molecule has 0 aliphatic rings. The zero-order chi connectivity index (χ0) is 12.0. The highest BCUT2D eigenvalue weighted by molar-refractivity contribution is 7.14. The third-order valence-electron chi connectivity index (χ3n) is 2.86. The lowest BCUT2D eigenvalue weighted by molar-refractivity contribution is 0.298. The molecule has 16 heavy (non-hydrogen) atoms. The zero-order valence-electron chi connectivity index (χ0n) is 10.3. The summed E-state index contributed by atoms with van der Waals surface area (Å²) in [6, 6.07) is 2.43. The van der Waals surface area contributed by atoms with Crippen molar-refractivity contribution >= 4 is 22.9 Å². The fraction of sp³-hybridized carbons (Fsp3) is 0.667. The Morgan fingerprint density at radius 3 is 2.62 bits per heavy atom. The predicted molar refractivity (Wildman–Crippen MR) is 73.5 cm³/mol. The highest BCUT2D eigenvalue weighted by Gasteiger charge is 2.07. The lowest BCUT2D eigenvalue weighted by Crippen LogP contribution is -2.32. The molecule has 0 fully saturated rings. The fourth-order valence-electron chi connectivity index (χ4n) is 1.65. The molecule has 1 atom stereocenters. The van der Waals surface area contributed by atoms with Crippen LogP contribution in [0.25, 0.3) is 0 Å². The highest BCUT2D eigenvalue weighted by Crippen LogP contribution is 2.24. The van der Waals surface area contributed by atoms with Gasteiger partial charge in [0.2, 0.25) is 0 Å². The van der Waals surface area contributed by atoms with Crippen LogP contribution in [0.3, 0.4) is 0 Å². The minimum atomic E-state index is 0.388. The quantitative estimate of drug-likeness (QED) is 0.809. The van der Waals surface area contributed by atoms with E-state index in [-0.39, 0.29) is 0 Å². The molecule has 1 unspecified atom stereocenters. The summed E-state index contributed by atoms with van der Waals surface area (Å²) in [7, 11) is 0. The first-order chi connectivity index (χ1) is 7.67. The van der Waals surface area contributed by atoms with Gasteiger partial charge < -0.3 is 10.2 Å². The normalized spacial score (nSPS) is 13.3. The van der Waals surface area contributed by atoms with Crippen LogP contribution in [0.2, 0.25) is 4.34 Å². The van der Waals surface area contributed by atoms with Gasteiger partial charge in [-0.25, -0.2) is 0 Å². The van der Waals surface area contributed by atoms with Gasteiger partial charge in [0.25, 0.3) is 0 Å².